The van der Waals surface area contributed by atoms with Crippen LogP contribution in [-0.4, -0.2) is 22.0 Å². The highest BCUT2D eigenvalue weighted by atomic mass is 32.1. The molecule has 140 valence electrons. The molecule has 0 radical (unpaired) electrons. The Kier molecular flexibility index (Phi) is 4.58. The van der Waals surface area contributed by atoms with E-state index in [1.165, 1.54) is 7.11 Å². The molecule has 0 atom stereocenters. The van der Waals surface area contributed by atoms with Gasteiger partial charge in [-0.1, -0.05) is 18.2 Å². The highest BCUT2D eigenvalue weighted by molar-refractivity contribution is 7.17. The van der Waals surface area contributed by atoms with Gasteiger partial charge in [-0.2, -0.15) is 4.39 Å². The van der Waals surface area contributed by atoms with Crippen LogP contribution in [0.15, 0.2) is 54.0 Å². The van der Waals surface area contributed by atoms with Crippen molar-refractivity contribution in [3.05, 3.63) is 70.0 Å². The summed E-state index contributed by atoms with van der Waals surface area (Å²) in [6.07, 6.45) is 1.58. The number of rotatable bonds is 5. The first-order valence-corrected chi connectivity index (χ1v) is 9.03. The number of ether oxygens (including phenoxy) is 1. The summed E-state index contributed by atoms with van der Waals surface area (Å²) < 4.78 is 20.1. The van der Waals surface area contributed by atoms with Crippen molar-refractivity contribution in [1.29, 1.82) is 0 Å². The van der Waals surface area contributed by atoms with Gasteiger partial charge >= 0.3 is 5.69 Å². The number of fused-ring (bicyclic) bond motifs is 1. The molecule has 0 aliphatic heterocycles. The van der Waals surface area contributed by atoms with Gasteiger partial charge in [-0.05, 0) is 12.1 Å². The molecule has 28 heavy (non-hydrogen) atoms. The summed E-state index contributed by atoms with van der Waals surface area (Å²) in [6, 6.07) is 11.8. The third-order valence-corrected chi connectivity index (χ3v) is 5.09. The van der Waals surface area contributed by atoms with Gasteiger partial charge < -0.3 is 10.1 Å². The molecule has 0 unspecified atom stereocenters. The largest absolute Gasteiger partial charge is 0.494 e. The number of nitro groups is 1. The minimum atomic E-state index is -0.980. The number of hydrogen-bond donors (Lipinski definition) is 1. The third kappa shape index (κ3) is 3.23. The van der Waals surface area contributed by atoms with Crippen LogP contribution in [0.1, 0.15) is 0 Å². The van der Waals surface area contributed by atoms with Crippen LogP contribution in [0.4, 0.5) is 21.7 Å². The average Bonchev–Trinajstić information content (AvgIpc) is 3.13. The molecule has 0 aliphatic rings. The summed E-state index contributed by atoms with van der Waals surface area (Å²) in [5, 5.41) is 17.0. The fourth-order valence-electron chi connectivity index (χ4n) is 2.82. The molecule has 0 fully saturated rings. The van der Waals surface area contributed by atoms with Crippen molar-refractivity contribution in [2.45, 2.75) is 0 Å². The first-order valence-electron chi connectivity index (χ1n) is 8.15. The smallest absolute Gasteiger partial charge is 0.307 e. The zero-order valence-electron chi connectivity index (χ0n) is 14.5. The summed E-state index contributed by atoms with van der Waals surface area (Å²) in [4.78, 5) is 18.9. The molecule has 9 heteroatoms. The molecule has 2 heterocycles. The summed E-state index contributed by atoms with van der Waals surface area (Å²) >= 11 is 1.61. The Labute approximate surface area is 162 Å². The van der Waals surface area contributed by atoms with E-state index in [1.807, 2.05) is 29.6 Å². The zero-order chi connectivity index (χ0) is 19.7. The van der Waals surface area contributed by atoms with E-state index in [2.05, 4.69) is 15.3 Å². The van der Waals surface area contributed by atoms with Crippen molar-refractivity contribution in [2.75, 3.05) is 12.4 Å². The molecular weight excluding hydrogens is 383 g/mol. The van der Waals surface area contributed by atoms with Crippen molar-refractivity contribution >= 4 is 38.7 Å². The number of hydrogen-bond acceptors (Lipinski definition) is 7. The van der Waals surface area contributed by atoms with E-state index in [9.17, 15) is 14.5 Å². The second-order valence-corrected chi connectivity index (χ2v) is 6.71. The summed E-state index contributed by atoms with van der Waals surface area (Å²) in [7, 11) is 1.35. The number of methoxy groups -OCH3 is 1. The van der Waals surface area contributed by atoms with Crippen LogP contribution in [0.3, 0.4) is 0 Å². The van der Waals surface area contributed by atoms with E-state index < -0.39 is 16.4 Å². The standard InChI is InChI=1S/C19H13FN4O3S/c1-27-17-8-13(20)16(24(25)26)9-15(17)23-19-21-7-6-14(22-19)12-10-28-18-5-3-2-4-11(12)18/h2-10H,1H3,(H,21,22,23). The van der Waals surface area contributed by atoms with Crippen LogP contribution in [-0.2, 0) is 0 Å². The topological polar surface area (TPSA) is 90.2 Å². The number of thiophene rings is 1. The minimum Gasteiger partial charge on any atom is -0.494 e. The summed E-state index contributed by atoms with van der Waals surface area (Å²) in [5.41, 5.74) is 1.19. The Hall–Kier alpha value is -3.59. The number of halogens is 1. The number of nitrogens with one attached hydrogen (secondary N) is 1. The molecule has 2 aromatic heterocycles. The van der Waals surface area contributed by atoms with Crippen LogP contribution in [0.25, 0.3) is 21.3 Å². The number of nitro benzene ring substituents is 1. The van der Waals surface area contributed by atoms with Gasteiger partial charge in [-0.3, -0.25) is 10.1 Å². The fourth-order valence-corrected chi connectivity index (χ4v) is 3.77. The molecule has 0 spiro atoms. The SMILES string of the molecule is COc1cc(F)c([N+](=O)[O-])cc1Nc1nccc(-c2csc3ccccc23)n1. The van der Waals surface area contributed by atoms with Crippen molar-refractivity contribution < 1.29 is 14.1 Å². The quantitative estimate of drug-likeness (QED) is 0.370. The maximum absolute atomic E-state index is 13.8. The number of nitrogens with zero attached hydrogens (tertiary/aromatic N) is 3. The third-order valence-electron chi connectivity index (χ3n) is 4.12. The Morgan fingerprint density at radius 2 is 2.07 bits per heavy atom. The molecule has 0 aliphatic carbocycles. The monoisotopic (exact) mass is 396 g/mol. The van der Waals surface area contributed by atoms with E-state index in [4.69, 9.17) is 4.74 Å². The molecule has 0 saturated carbocycles. The van der Waals surface area contributed by atoms with Crippen LogP contribution in [0.5, 0.6) is 5.75 Å². The molecule has 0 saturated heterocycles. The highest BCUT2D eigenvalue weighted by Crippen LogP contribution is 2.35. The molecule has 7 nitrogen and oxygen atoms in total. The van der Waals surface area contributed by atoms with Gasteiger partial charge in [0.1, 0.15) is 5.75 Å². The van der Waals surface area contributed by atoms with E-state index in [-0.39, 0.29) is 17.4 Å². The van der Waals surface area contributed by atoms with Crippen molar-refractivity contribution in [1.82, 2.24) is 9.97 Å². The van der Waals surface area contributed by atoms with E-state index in [1.54, 1.807) is 23.6 Å². The van der Waals surface area contributed by atoms with Gasteiger partial charge in [0.15, 0.2) is 0 Å². The van der Waals surface area contributed by atoms with Crippen LogP contribution in [0.2, 0.25) is 0 Å². The molecule has 2 aromatic carbocycles. The van der Waals surface area contributed by atoms with E-state index >= 15 is 0 Å². The Balaban J connectivity index is 1.73. The van der Waals surface area contributed by atoms with Gasteiger partial charge in [-0.25, -0.2) is 9.97 Å². The maximum Gasteiger partial charge on any atom is 0.307 e. The summed E-state index contributed by atoms with van der Waals surface area (Å²) in [6.45, 7) is 0. The van der Waals surface area contributed by atoms with Crippen LogP contribution < -0.4 is 10.1 Å². The number of aromatic nitrogens is 2. The lowest BCUT2D eigenvalue weighted by atomic mass is 10.1. The molecule has 1 N–H and O–H groups in total. The molecule has 4 rings (SSSR count). The van der Waals surface area contributed by atoms with Crippen LogP contribution >= 0.6 is 11.3 Å². The first-order chi connectivity index (χ1) is 13.6. The van der Waals surface area contributed by atoms with Gasteiger partial charge in [0.2, 0.25) is 11.8 Å². The Morgan fingerprint density at radius 3 is 2.86 bits per heavy atom. The first kappa shape index (κ1) is 17.8. The Bertz CT molecular complexity index is 1190. The predicted molar refractivity (Wildman–Crippen MR) is 106 cm³/mol. The Morgan fingerprint density at radius 1 is 1.25 bits per heavy atom. The lowest BCUT2D eigenvalue weighted by molar-refractivity contribution is -0.387. The average molecular weight is 396 g/mol. The van der Waals surface area contributed by atoms with Gasteiger partial charge in [0, 0.05) is 39.4 Å². The number of anilines is 2. The lowest BCUT2D eigenvalue weighted by Crippen LogP contribution is -2.02. The molecular formula is C19H13FN4O3S. The number of benzene rings is 2. The summed E-state index contributed by atoms with van der Waals surface area (Å²) in [5.74, 6) is -0.656. The second kappa shape index (κ2) is 7.20. The molecule has 0 bridgehead atoms. The second-order valence-electron chi connectivity index (χ2n) is 5.80. The van der Waals surface area contributed by atoms with Crippen molar-refractivity contribution in [2.24, 2.45) is 0 Å². The van der Waals surface area contributed by atoms with E-state index in [0.29, 0.717) is 5.69 Å². The van der Waals surface area contributed by atoms with E-state index in [0.717, 1.165) is 27.8 Å². The zero-order valence-corrected chi connectivity index (χ0v) is 15.4. The lowest BCUT2D eigenvalue weighted by Gasteiger charge is -2.11. The normalized spacial score (nSPS) is 10.8. The maximum atomic E-state index is 13.8. The minimum absolute atomic E-state index is 0.109. The van der Waals surface area contributed by atoms with Crippen LogP contribution in [0, 0.1) is 15.9 Å². The van der Waals surface area contributed by atoms with Crippen molar-refractivity contribution in [3.8, 4) is 17.0 Å². The van der Waals surface area contributed by atoms with Gasteiger partial charge in [0.05, 0.1) is 23.4 Å². The molecule has 0 amide bonds. The fraction of sp³-hybridized carbons (Fsp3) is 0.0526. The van der Waals surface area contributed by atoms with Crippen molar-refractivity contribution in [3.63, 3.8) is 0 Å². The predicted octanol–water partition coefficient (Wildman–Crippen LogP) is 5.16. The highest BCUT2D eigenvalue weighted by Gasteiger charge is 2.19. The molecule has 4 aromatic rings. The van der Waals surface area contributed by atoms with Gasteiger partial charge in [0.25, 0.3) is 0 Å². The van der Waals surface area contributed by atoms with Gasteiger partial charge in [-0.15, -0.1) is 11.3 Å².